The lowest BCUT2D eigenvalue weighted by Crippen LogP contribution is -2.26. The van der Waals surface area contributed by atoms with Crippen LogP contribution in [0, 0.1) is 0 Å². The van der Waals surface area contributed by atoms with Crippen molar-refractivity contribution in [3.05, 3.63) is 78.1 Å². The number of rotatable bonds is 11. The first-order valence-corrected chi connectivity index (χ1v) is 10.4. The van der Waals surface area contributed by atoms with Gasteiger partial charge in [-0.05, 0) is 49.6 Å². The number of aliphatic carboxylic acids is 1. The van der Waals surface area contributed by atoms with E-state index in [0.717, 1.165) is 35.5 Å². The summed E-state index contributed by atoms with van der Waals surface area (Å²) in [6.45, 7) is 0.941. The Bertz CT molecular complexity index is 979. The van der Waals surface area contributed by atoms with Gasteiger partial charge in [-0.15, -0.1) is 0 Å². The lowest BCUT2D eigenvalue weighted by molar-refractivity contribution is -0.137. The maximum atomic E-state index is 12.9. The molecule has 162 valence electrons. The lowest BCUT2D eigenvalue weighted by atomic mass is 10.1. The van der Waals surface area contributed by atoms with Crippen molar-refractivity contribution >= 4 is 11.9 Å². The minimum absolute atomic E-state index is 0.0746. The average Bonchev–Trinajstić information content (AvgIpc) is 3.31. The molecule has 3 rings (SSSR count). The second-order valence-electron chi connectivity index (χ2n) is 7.38. The minimum atomic E-state index is -0.769. The molecule has 0 unspecified atom stereocenters. The molecular weight excluding hydrogens is 394 g/mol. The molecule has 0 bridgehead atoms. The second-order valence-corrected chi connectivity index (χ2v) is 7.38. The number of furan rings is 1. The molecule has 1 aromatic heterocycles. The molecule has 6 heteroatoms. The summed E-state index contributed by atoms with van der Waals surface area (Å²) in [5.41, 5.74) is 2.46. The number of nitrogens with zero attached hydrogens (tertiary/aromatic N) is 1. The van der Waals surface area contributed by atoms with Crippen LogP contribution in [-0.2, 0) is 11.3 Å². The number of hydrogen-bond acceptors (Lipinski definition) is 4. The number of hydrogen-bond donors (Lipinski definition) is 1. The molecule has 31 heavy (non-hydrogen) atoms. The highest BCUT2D eigenvalue weighted by Gasteiger charge is 2.14. The summed E-state index contributed by atoms with van der Waals surface area (Å²) in [7, 11) is 1.77. The summed E-state index contributed by atoms with van der Waals surface area (Å²) < 4.78 is 11.3. The molecule has 2 aromatic carbocycles. The highest BCUT2D eigenvalue weighted by molar-refractivity contribution is 5.94. The highest BCUT2D eigenvalue weighted by atomic mass is 16.5. The van der Waals surface area contributed by atoms with Crippen molar-refractivity contribution < 1.29 is 23.8 Å². The first kappa shape index (κ1) is 22.2. The van der Waals surface area contributed by atoms with Crippen molar-refractivity contribution in [1.82, 2.24) is 4.90 Å². The summed E-state index contributed by atoms with van der Waals surface area (Å²) in [5.74, 6) is 0.666. The summed E-state index contributed by atoms with van der Waals surface area (Å²) in [6.07, 6.45) is 4.05. The first-order chi connectivity index (χ1) is 15.0. The van der Waals surface area contributed by atoms with Gasteiger partial charge in [-0.3, -0.25) is 9.59 Å². The number of carbonyl (C=O) groups is 2. The van der Waals surface area contributed by atoms with Gasteiger partial charge in [-0.25, -0.2) is 0 Å². The van der Waals surface area contributed by atoms with Gasteiger partial charge in [-0.2, -0.15) is 0 Å². The fourth-order valence-electron chi connectivity index (χ4n) is 3.28. The van der Waals surface area contributed by atoms with E-state index in [1.165, 1.54) is 0 Å². The minimum Gasteiger partial charge on any atom is -0.493 e. The van der Waals surface area contributed by atoms with E-state index < -0.39 is 5.97 Å². The Hall–Kier alpha value is -3.54. The van der Waals surface area contributed by atoms with Gasteiger partial charge in [0.2, 0.25) is 0 Å². The number of benzene rings is 2. The van der Waals surface area contributed by atoms with Gasteiger partial charge in [0.25, 0.3) is 5.91 Å². The van der Waals surface area contributed by atoms with E-state index in [-0.39, 0.29) is 12.3 Å². The average molecular weight is 421 g/mol. The molecular formula is C25H27NO5. The topological polar surface area (TPSA) is 80.0 Å². The van der Waals surface area contributed by atoms with Crippen LogP contribution in [0.1, 0.15) is 41.6 Å². The van der Waals surface area contributed by atoms with E-state index >= 15 is 0 Å². The van der Waals surface area contributed by atoms with Crippen molar-refractivity contribution in [2.75, 3.05) is 13.7 Å². The Balaban J connectivity index is 1.55. The van der Waals surface area contributed by atoms with E-state index in [9.17, 15) is 9.59 Å². The van der Waals surface area contributed by atoms with E-state index in [1.54, 1.807) is 30.3 Å². The summed E-state index contributed by atoms with van der Waals surface area (Å²) in [6, 6.07) is 18.7. The molecule has 6 nitrogen and oxygen atoms in total. The van der Waals surface area contributed by atoms with Crippen LogP contribution in [0.4, 0.5) is 0 Å². The molecule has 0 saturated heterocycles. The van der Waals surface area contributed by atoms with Crippen LogP contribution in [0.3, 0.4) is 0 Å². The summed E-state index contributed by atoms with van der Waals surface area (Å²) in [5, 5.41) is 8.68. The Morgan fingerprint density at radius 1 is 0.968 bits per heavy atom. The fourth-order valence-corrected chi connectivity index (χ4v) is 3.28. The van der Waals surface area contributed by atoms with Gasteiger partial charge < -0.3 is 19.2 Å². The maximum Gasteiger partial charge on any atom is 0.303 e. The quantitative estimate of drug-likeness (QED) is 0.428. The molecule has 0 fully saturated rings. The Morgan fingerprint density at radius 2 is 1.74 bits per heavy atom. The number of para-hydroxylation sites is 1. The number of ether oxygens (including phenoxy) is 1. The van der Waals surface area contributed by atoms with Crippen LogP contribution in [-0.4, -0.2) is 35.5 Å². The summed E-state index contributed by atoms with van der Waals surface area (Å²) >= 11 is 0. The van der Waals surface area contributed by atoms with E-state index in [2.05, 4.69) is 0 Å². The Labute approximate surface area is 182 Å². The zero-order valence-electron chi connectivity index (χ0n) is 17.6. The van der Waals surface area contributed by atoms with Crippen molar-refractivity contribution in [2.24, 2.45) is 0 Å². The molecule has 0 radical (unpaired) electrons. The molecule has 0 aliphatic heterocycles. The number of amides is 1. The van der Waals surface area contributed by atoms with Crippen molar-refractivity contribution in [3.8, 4) is 17.1 Å². The highest BCUT2D eigenvalue weighted by Crippen LogP contribution is 2.23. The Kier molecular flexibility index (Phi) is 7.87. The number of carboxylic acid groups (broad SMARTS) is 1. The smallest absolute Gasteiger partial charge is 0.303 e. The zero-order chi connectivity index (χ0) is 22.1. The molecule has 0 saturated carbocycles. The molecule has 1 N–H and O–H groups in total. The monoisotopic (exact) mass is 421 g/mol. The van der Waals surface area contributed by atoms with Gasteiger partial charge in [-0.1, -0.05) is 30.3 Å². The molecule has 3 aromatic rings. The Morgan fingerprint density at radius 3 is 2.45 bits per heavy atom. The number of unbranched alkanes of at least 4 members (excludes halogenated alkanes) is 2. The van der Waals surface area contributed by atoms with Gasteiger partial charge in [0.15, 0.2) is 0 Å². The van der Waals surface area contributed by atoms with Crippen molar-refractivity contribution in [1.29, 1.82) is 0 Å². The van der Waals surface area contributed by atoms with Crippen LogP contribution in [0.15, 0.2) is 71.3 Å². The first-order valence-electron chi connectivity index (χ1n) is 10.4. The van der Waals surface area contributed by atoms with Gasteiger partial charge in [0, 0.05) is 36.7 Å². The normalized spacial score (nSPS) is 10.6. The molecule has 0 atom stereocenters. The van der Waals surface area contributed by atoms with Crippen LogP contribution in [0.25, 0.3) is 11.3 Å². The van der Waals surface area contributed by atoms with Crippen LogP contribution >= 0.6 is 0 Å². The fraction of sp³-hybridized carbons (Fsp3) is 0.280. The zero-order valence-corrected chi connectivity index (χ0v) is 17.6. The predicted molar refractivity (Wildman–Crippen MR) is 118 cm³/mol. The van der Waals surface area contributed by atoms with Gasteiger partial charge >= 0.3 is 5.97 Å². The van der Waals surface area contributed by atoms with E-state index in [4.69, 9.17) is 14.3 Å². The molecule has 1 amide bonds. The van der Waals surface area contributed by atoms with Crippen molar-refractivity contribution in [2.45, 2.75) is 32.2 Å². The van der Waals surface area contributed by atoms with Crippen LogP contribution in [0.5, 0.6) is 5.75 Å². The standard InChI is InChI=1S/C25H27NO5/c1-26(25(29)20-14-12-19(13-15-20)22-10-7-17-31-22)18-21-8-4-5-9-23(21)30-16-6-2-3-11-24(27)28/h4-5,7-10,12-15,17H,2-3,6,11,16,18H2,1H3,(H,27,28). The third kappa shape index (κ3) is 6.47. The molecule has 0 spiro atoms. The van der Waals surface area contributed by atoms with Gasteiger partial charge in [0.1, 0.15) is 11.5 Å². The van der Waals surface area contributed by atoms with E-state index in [0.29, 0.717) is 25.1 Å². The van der Waals surface area contributed by atoms with Crippen molar-refractivity contribution in [3.63, 3.8) is 0 Å². The van der Waals surface area contributed by atoms with Crippen LogP contribution in [0.2, 0.25) is 0 Å². The van der Waals surface area contributed by atoms with E-state index in [1.807, 2.05) is 48.5 Å². The number of carboxylic acids is 1. The summed E-state index contributed by atoms with van der Waals surface area (Å²) in [4.78, 5) is 25.1. The third-order valence-corrected chi connectivity index (χ3v) is 4.96. The maximum absolute atomic E-state index is 12.9. The third-order valence-electron chi connectivity index (χ3n) is 4.96. The molecule has 1 heterocycles. The molecule has 0 aliphatic carbocycles. The lowest BCUT2D eigenvalue weighted by Gasteiger charge is -2.19. The second kappa shape index (κ2) is 11.0. The number of carbonyl (C=O) groups excluding carboxylic acids is 1. The SMILES string of the molecule is CN(Cc1ccccc1OCCCCCC(=O)O)C(=O)c1ccc(-c2ccco2)cc1. The van der Waals surface area contributed by atoms with Crippen LogP contribution < -0.4 is 4.74 Å². The van der Waals surface area contributed by atoms with Gasteiger partial charge in [0.05, 0.1) is 12.9 Å². The largest absolute Gasteiger partial charge is 0.493 e. The molecule has 0 aliphatic rings. The predicted octanol–water partition coefficient (Wildman–Crippen LogP) is 5.24.